The van der Waals surface area contributed by atoms with E-state index >= 15 is 0 Å². The first kappa shape index (κ1) is 12.2. The second kappa shape index (κ2) is 4.35. The first-order valence-electron chi connectivity index (χ1n) is 6.52. The van der Waals surface area contributed by atoms with Gasteiger partial charge in [-0.15, -0.1) is 0 Å². The molecule has 3 heterocycles. The van der Waals surface area contributed by atoms with Crippen LogP contribution in [-0.4, -0.2) is 39.3 Å². The molecule has 6 heteroatoms. The van der Waals surface area contributed by atoms with Gasteiger partial charge in [0, 0.05) is 13.2 Å². The van der Waals surface area contributed by atoms with Gasteiger partial charge in [0.25, 0.3) is 5.91 Å². The number of carbonyl (C=O) groups excluding carboxylic acids is 1. The summed E-state index contributed by atoms with van der Waals surface area (Å²) in [6.07, 6.45) is 1.72. The number of nitriles is 1. The van der Waals surface area contributed by atoms with Crippen molar-refractivity contribution in [3.05, 3.63) is 17.5 Å². The fourth-order valence-corrected chi connectivity index (χ4v) is 2.78. The van der Waals surface area contributed by atoms with Gasteiger partial charge < -0.3 is 9.64 Å². The topological polar surface area (TPSA) is 71.2 Å². The molecule has 1 aromatic heterocycles. The Labute approximate surface area is 111 Å². The van der Waals surface area contributed by atoms with Gasteiger partial charge in [-0.2, -0.15) is 10.4 Å². The highest BCUT2D eigenvalue weighted by atomic mass is 16.5. The lowest BCUT2D eigenvalue weighted by molar-refractivity contribution is -0.152. The van der Waals surface area contributed by atoms with E-state index in [2.05, 4.69) is 5.10 Å². The molecule has 0 saturated carbocycles. The molecule has 6 nitrogen and oxygen atoms in total. The highest BCUT2D eigenvalue weighted by Crippen LogP contribution is 2.28. The third-order valence-corrected chi connectivity index (χ3v) is 3.87. The summed E-state index contributed by atoms with van der Waals surface area (Å²) < 4.78 is 7.41. The lowest BCUT2D eigenvalue weighted by Gasteiger charge is -2.33. The van der Waals surface area contributed by atoms with Gasteiger partial charge in [-0.3, -0.25) is 9.48 Å². The normalized spacial score (nSPS) is 26.0. The van der Waals surface area contributed by atoms with Gasteiger partial charge in [-0.1, -0.05) is 0 Å². The van der Waals surface area contributed by atoms with E-state index in [9.17, 15) is 4.79 Å². The van der Waals surface area contributed by atoms with Gasteiger partial charge in [0.05, 0.1) is 18.8 Å². The SMILES string of the molecule is C[C@@]1(C(=O)N2CCn3nc(C#N)cc3C2)CCCO1. The predicted molar refractivity (Wildman–Crippen MR) is 66.0 cm³/mol. The Hall–Kier alpha value is -1.87. The Kier molecular flexibility index (Phi) is 2.79. The highest BCUT2D eigenvalue weighted by molar-refractivity contribution is 5.85. The molecule has 2 aliphatic rings. The molecule has 19 heavy (non-hydrogen) atoms. The van der Waals surface area contributed by atoms with E-state index in [0.29, 0.717) is 31.9 Å². The zero-order chi connectivity index (χ0) is 13.5. The molecular formula is C13H16N4O2. The number of hydrogen-bond acceptors (Lipinski definition) is 4. The van der Waals surface area contributed by atoms with Crippen molar-refractivity contribution in [1.29, 1.82) is 5.26 Å². The van der Waals surface area contributed by atoms with E-state index < -0.39 is 5.60 Å². The minimum absolute atomic E-state index is 0.0518. The second-order valence-electron chi connectivity index (χ2n) is 5.27. The maximum atomic E-state index is 12.5. The summed E-state index contributed by atoms with van der Waals surface area (Å²) in [5.74, 6) is 0.0518. The van der Waals surface area contributed by atoms with Crippen LogP contribution in [0.25, 0.3) is 0 Å². The van der Waals surface area contributed by atoms with Gasteiger partial charge in [0.15, 0.2) is 5.69 Å². The summed E-state index contributed by atoms with van der Waals surface area (Å²) in [5.41, 5.74) is 0.658. The Balaban J connectivity index is 1.78. The molecule has 0 spiro atoms. The van der Waals surface area contributed by atoms with Crippen molar-refractivity contribution in [2.75, 3.05) is 13.2 Å². The van der Waals surface area contributed by atoms with Crippen LogP contribution in [-0.2, 0) is 22.6 Å². The number of amides is 1. The van der Waals surface area contributed by atoms with Crippen LogP contribution in [0.5, 0.6) is 0 Å². The molecule has 1 aromatic rings. The maximum absolute atomic E-state index is 12.5. The highest BCUT2D eigenvalue weighted by Gasteiger charge is 2.41. The quantitative estimate of drug-likeness (QED) is 0.744. The monoisotopic (exact) mass is 260 g/mol. The Morgan fingerprint density at radius 3 is 3.11 bits per heavy atom. The fraction of sp³-hybridized carbons (Fsp3) is 0.615. The number of nitrogens with zero attached hydrogens (tertiary/aromatic N) is 4. The molecule has 0 aromatic carbocycles. The van der Waals surface area contributed by atoms with Crippen LogP contribution in [0.15, 0.2) is 6.07 Å². The van der Waals surface area contributed by atoms with Crippen LogP contribution >= 0.6 is 0 Å². The van der Waals surface area contributed by atoms with E-state index in [0.717, 1.165) is 18.5 Å². The summed E-state index contributed by atoms with van der Waals surface area (Å²) in [6, 6.07) is 3.78. The van der Waals surface area contributed by atoms with E-state index in [1.807, 2.05) is 17.9 Å². The van der Waals surface area contributed by atoms with Gasteiger partial charge in [0.2, 0.25) is 0 Å². The van der Waals surface area contributed by atoms with Gasteiger partial charge in [0.1, 0.15) is 11.7 Å². The van der Waals surface area contributed by atoms with Gasteiger partial charge in [-0.25, -0.2) is 0 Å². The maximum Gasteiger partial charge on any atom is 0.254 e. The summed E-state index contributed by atoms with van der Waals surface area (Å²) in [6.45, 7) is 4.30. The molecule has 1 fully saturated rings. The smallest absolute Gasteiger partial charge is 0.254 e. The number of hydrogen-bond donors (Lipinski definition) is 0. The van der Waals surface area contributed by atoms with Crippen molar-refractivity contribution in [2.24, 2.45) is 0 Å². The van der Waals surface area contributed by atoms with Gasteiger partial charge >= 0.3 is 0 Å². The third kappa shape index (κ3) is 2.00. The van der Waals surface area contributed by atoms with Crippen LogP contribution in [0.1, 0.15) is 31.2 Å². The van der Waals surface area contributed by atoms with Crippen molar-refractivity contribution < 1.29 is 9.53 Å². The van der Waals surface area contributed by atoms with Crippen molar-refractivity contribution in [1.82, 2.24) is 14.7 Å². The second-order valence-corrected chi connectivity index (χ2v) is 5.27. The Morgan fingerprint density at radius 2 is 2.42 bits per heavy atom. The van der Waals surface area contributed by atoms with E-state index in [-0.39, 0.29) is 5.91 Å². The van der Waals surface area contributed by atoms with Crippen LogP contribution < -0.4 is 0 Å². The number of fused-ring (bicyclic) bond motifs is 1. The molecule has 100 valence electrons. The van der Waals surface area contributed by atoms with Crippen molar-refractivity contribution in [3.8, 4) is 6.07 Å². The van der Waals surface area contributed by atoms with Crippen molar-refractivity contribution in [2.45, 2.75) is 38.5 Å². The molecular weight excluding hydrogens is 244 g/mol. The lowest BCUT2D eigenvalue weighted by Crippen LogP contribution is -2.49. The molecule has 0 radical (unpaired) electrons. The van der Waals surface area contributed by atoms with Crippen molar-refractivity contribution >= 4 is 5.91 Å². The van der Waals surface area contributed by atoms with Crippen LogP contribution in [0.3, 0.4) is 0 Å². The molecule has 2 aliphatic heterocycles. The van der Waals surface area contributed by atoms with Crippen molar-refractivity contribution in [3.63, 3.8) is 0 Å². The van der Waals surface area contributed by atoms with Crippen LogP contribution in [0.4, 0.5) is 0 Å². The first-order chi connectivity index (χ1) is 9.12. The number of carbonyl (C=O) groups is 1. The number of ether oxygens (including phenoxy) is 1. The average Bonchev–Trinajstić information content (AvgIpc) is 3.03. The molecule has 1 saturated heterocycles. The van der Waals surface area contributed by atoms with E-state index in [4.69, 9.17) is 10.00 Å². The minimum atomic E-state index is -0.666. The zero-order valence-electron chi connectivity index (χ0n) is 10.9. The molecule has 0 N–H and O–H groups in total. The number of aromatic nitrogens is 2. The summed E-state index contributed by atoms with van der Waals surface area (Å²) in [7, 11) is 0. The average molecular weight is 260 g/mol. The number of rotatable bonds is 1. The minimum Gasteiger partial charge on any atom is -0.365 e. The van der Waals surface area contributed by atoms with Crippen LogP contribution in [0, 0.1) is 11.3 Å². The Bertz CT molecular complexity index is 551. The summed E-state index contributed by atoms with van der Waals surface area (Å²) in [4.78, 5) is 14.3. The molecule has 0 unspecified atom stereocenters. The third-order valence-electron chi connectivity index (χ3n) is 3.87. The molecule has 1 atom stereocenters. The summed E-state index contributed by atoms with van der Waals surface area (Å²) >= 11 is 0. The van der Waals surface area contributed by atoms with E-state index in [1.165, 1.54) is 0 Å². The lowest BCUT2D eigenvalue weighted by atomic mass is 10.0. The predicted octanol–water partition coefficient (Wildman–Crippen LogP) is 0.666. The summed E-state index contributed by atoms with van der Waals surface area (Å²) in [5, 5.41) is 13.0. The fourth-order valence-electron chi connectivity index (χ4n) is 2.78. The molecule has 1 amide bonds. The van der Waals surface area contributed by atoms with Crippen LogP contribution in [0.2, 0.25) is 0 Å². The first-order valence-corrected chi connectivity index (χ1v) is 6.52. The zero-order valence-corrected chi connectivity index (χ0v) is 10.9. The standard InChI is InChI=1S/C13H16N4O2/c1-13(3-2-6-19-13)12(18)16-4-5-17-11(9-16)7-10(8-14)15-17/h7H,2-6,9H2,1H3/t13-/m0/s1. The largest absolute Gasteiger partial charge is 0.365 e. The van der Waals surface area contributed by atoms with Gasteiger partial charge in [-0.05, 0) is 25.8 Å². The molecule has 0 aliphatic carbocycles. The molecule has 0 bridgehead atoms. The van der Waals surface area contributed by atoms with E-state index in [1.54, 1.807) is 10.7 Å². The Morgan fingerprint density at radius 1 is 1.58 bits per heavy atom. The molecule has 3 rings (SSSR count).